The first kappa shape index (κ1) is 17.2. The highest BCUT2D eigenvalue weighted by atomic mass is 16.5. The lowest BCUT2D eigenvalue weighted by Crippen LogP contribution is -2.61. The summed E-state index contributed by atoms with van der Waals surface area (Å²) in [6.07, 6.45) is -0.811. The zero-order valence-electron chi connectivity index (χ0n) is 14.3. The summed E-state index contributed by atoms with van der Waals surface area (Å²) in [6, 6.07) is 10.7. The second kappa shape index (κ2) is 7.96. The van der Waals surface area contributed by atoms with E-state index < -0.39 is 6.09 Å². The Morgan fingerprint density at radius 3 is 2.58 bits per heavy atom. The lowest BCUT2D eigenvalue weighted by atomic mass is 10.1. The summed E-state index contributed by atoms with van der Waals surface area (Å²) in [5, 5.41) is 9.48. The first-order valence-corrected chi connectivity index (χ1v) is 8.71. The van der Waals surface area contributed by atoms with E-state index in [1.165, 1.54) is 5.56 Å². The highest BCUT2D eigenvalue weighted by molar-refractivity contribution is 5.65. The molecule has 132 valence electrons. The standard InChI is InChI=1S/C18H27N3O3/c1-15-11-20(12-16-5-3-2-4-6-16)17(14-21(15)18(22)23)13-19-7-9-24-10-8-19/h2-6,15,17H,7-14H2,1H3,(H,22,23)/t15-,17+/m1/s1. The minimum atomic E-state index is -0.811. The van der Waals surface area contributed by atoms with Gasteiger partial charge in [0, 0.05) is 51.4 Å². The number of nitrogens with zero attached hydrogens (tertiary/aromatic N) is 3. The molecule has 0 aromatic heterocycles. The van der Waals surface area contributed by atoms with Crippen molar-refractivity contribution in [3.8, 4) is 0 Å². The fourth-order valence-corrected chi connectivity index (χ4v) is 3.64. The molecular formula is C18H27N3O3. The topological polar surface area (TPSA) is 56.2 Å². The molecule has 0 bridgehead atoms. The average Bonchev–Trinajstić information content (AvgIpc) is 2.59. The Morgan fingerprint density at radius 2 is 1.92 bits per heavy atom. The highest BCUT2D eigenvalue weighted by Gasteiger charge is 2.35. The summed E-state index contributed by atoms with van der Waals surface area (Å²) in [5.41, 5.74) is 1.28. The fourth-order valence-electron chi connectivity index (χ4n) is 3.64. The number of ether oxygens (including phenoxy) is 1. The monoisotopic (exact) mass is 333 g/mol. The first-order valence-electron chi connectivity index (χ1n) is 8.71. The van der Waals surface area contributed by atoms with Crippen LogP contribution < -0.4 is 0 Å². The van der Waals surface area contributed by atoms with E-state index in [2.05, 4.69) is 34.1 Å². The minimum Gasteiger partial charge on any atom is -0.465 e. The molecule has 3 rings (SSSR count). The van der Waals surface area contributed by atoms with Crippen molar-refractivity contribution in [3.05, 3.63) is 35.9 Å². The third kappa shape index (κ3) is 4.26. The number of amides is 1. The Kier molecular flexibility index (Phi) is 5.71. The molecule has 2 atom stereocenters. The quantitative estimate of drug-likeness (QED) is 0.906. The van der Waals surface area contributed by atoms with Gasteiger partial charge in [-0.25, -0.2) is 4.79 Å². The zero-order valence-corrected chi connectivity index (χ0v) is 14.3. The van der Waals surface area contributed by atoms with Crippen molar-refractivity contribution in [3.63, 3.8) is 0 Å². The van der Waals surface area contributed by atoms with Gasteiger partial charge in [0.1, 0.15) is 0 Å². The van der Waals surface area contributed by atoms with E-state index in [-0.39, 0.29) is 12.1 Å². The van der Waals surface area contributed by atoms with Gasteiger partial charge in [0.05, 0.1) is 13.2 Å². The molecule has 1 N–H and O–H groups in total. The van der Waals surface area contributed by atoms with Gasteiger partial charge in [-0.3, -0.25) is 9.80 Å². The van der Waals surface area contributed by atoms with Gasteiger partial charge in [-0.15, -0.1) is 0 Å². The second-order valence-corrected chi connectivity index (χ2v) is 6.77. The largest absolute Gasteiger partial charge is 0.465 e. The summed E-state index contributed by atoms with van der Waals surface area (Å²) < 4.78 is 5.43. The van der Waals surface area contributed by atoms with Crippen molar-refractivity contribution in [1.82, 2.24) is 14.7 Å². The van der Waals surface area contributed by atoms with Crippen LogP contribution in [0.3, 0.4) is 0 Å². The van der Waals surface area contributed by atoms with Crippen LogP contribution in [0.25, 0.3) is 0 Å². The fraction of sp³-hybridized carbons (Fsp3) is 0.611. The molecule has 2 saturated heterocycles. The summed E-state index contributed by atoms with van der Waals surface area (Å²) >= 11 is 0. The molecule has 0 unspecified atom stereocenters. The van der Waals surface area contributed by atoms with Crippen molar-refractivity contribution in [2.24, 2.45) is 0 Å². The van der Waals surface area contributed by atoms with Gasteiger partial charge in [0.25, 0.3) is 0 Å². The minimum absolute atomic E-state index is 0.0205. The molecule has 0 aliphatic carbocycles. The van der Waals surface area contributed by atoms with Gasteiger partial charge >= 0.3 is 6.09 Å². The predicted octanol–water partition coefficient (Wildman–Crippen LogP) is 1.57. The van der Waals surface area contributed by atoms with Gasteiger partial charge in [-0.1, -0.05) is 30.3 Å². The summed E-state index contributed by atoms with van der Waals surface area (Å²) in [7, 11) is 0. The van der Waals surface area contributed by atoms with Gasteiger partial charge < -0.3 is 14.7 Å². The molecule has 6 heteroatoms. The molecule has 1 aromatic rings. The molecule has 2 fully saturated rings. The lowest BCUT2D eigenvalue weighted by molar-refractivity contribution is -0.00851. The zero-order chi connectivity index (χ0) is 16.9. The van der Waals surface area contributed by atoms with Gasteiger partial charge in [0.15, 0.2) is 0 Å². The van der Waals surface area contributed by atoms with Crippen molar-refractivity contribution in [2.75, 3.05) is 45.9 Å². The molecule has 2 aliphatic heterocycles. The molecular weight excluding hydrogens is 306 g/mol. The number of piperazine rings is 1. The number of carboxylic acid groups (broad SMARTS) is 1. The molecule has 2 aliphatic rings. The van der Waals surface area contributed by atoms with Crippen LogP contribution in [-0.2, 0) is 11.3 Å². The normalized spacial score (nSPS) is 26.5. The Balaban J connectivity index is 1.71. The molecule has 2 heterocycles. The van der Waals surface area contributed by atoms with Crippen molar-refractivity contribution >= 4 is 6.09 Å². The van der Waals surface area contributed by atoms with Crippen LogP contribution in [0.4, 0.5) is 4.79 Å². The van der Waals surface area contributed by atoms with E-state index in [1.807, 2.05) is 13.0 Å². The van der Waals surface area contributed by atoms with Gasteiger partial charge in [-0.2, -0.15) is 0 Å². The van der Waals surface area contributed by atoms with E-state index in [9.17, 15) is 9.90 Å². The van der Waals surface area contributed by atoms with Gasteiger partial charge in [0.2, 0.25) is 0 Å². The van der Waals surface area contributed by atoms with Crippen LogP contribution in [0.1, 0.15) is 12.5 Å². The number of hydrogen-bond acceptors (Lipinski definition) is 4. The van der Waals surface area contributed by atoms with Crippen LogP contribution in [0.2, 0.25) is 0 Å². The molecule has 6 nitrogen and oxygen atoms in total. The first-order chi connectivity index (χ1) is 11.6. The van der Waals surface area contributed by atoms with Crippen LogP contribution in [0.15, 0.2) is 30.3 Å². The molecule has 0 spiro atoms. The van der Waals surface area contributed by atoms with Crippen LogP contribution >= 0.6 is 0 Å². The maximum absolute atomic E-state index is 11.5. The molecule has 0 saturated carbocycles. The molecule has 1 aromatic carbocycles. The van der Waals surface area contributed by atoms with Crippen LogP contribution in [0.5, 0.6) is 0 Å². The maximum Gasteiger partial charge on any atom is 0.407 e. The third-order valence-corrected chi connectivity index (χ3v) is 5.00. The average molecular weight is 333 g/mol. The lowest BCUT2D eigenvalue weighted by Gasteiger charge is -2.46. The molecule has 0 radical (unpaired) electrons. The number of rotatable bonds is 4. The maximum atomic E-state index is 11.5. The molecule has 24 heavy (non-hydrogen) atoms. The third-order valence-electron chi connectivity index (χ3n) is 5.00. The van der Waals surface area contributed by atoms with E-state index in [4.69, 9.17) is 4.74 Å². The number of carbonyl (C=O) groups is 1. The Hall–Kier alpha value is -1.63. The second-order valence-electron chi connectivity index (χ2n) is 6.77. The van der Waals surface area contributed by atoms with Crippen LogP contribution in [-0.4, -0.2) is 83.9 Å². The van der Waals surface area contributed by atoms with Crippen molar-refractivity contribution in [1.29, 1.82) is 0 Å². The number of hydrogen-bond donors (Lipinski definition) is 1. The summed E-state index contributed by atoms with van der Waals surface area (Å²) in [5.74, 6) is 0. The van der Waals surface area contributed by atoms with Gasteiger partial charge in [-0.05, 0) is 12.5 Å². The predicted molar refractivity (Wildman–Crippen MR) is 92.1 cm³/mol. The summed E-state index contributed by atoms with van der Waals surface area (Å²) in [6.45, 7) is 8.50. The number of morpholine rings is 1. The summed E-state index contributed by atoms with van der Waals surface area (Å²) in [4.78, 5) is 18.0. The van der Waals surface area contributed by atoms with Crippen LogP contribution in [0, 0.1) is 0 Å². The number of benzene rings is 1. The van der Waals surface area contributed by atoms with E-state index >= 15 is 0 Å². The Bertz CT molecular complexity index is 534. The SMILES string of the molecule is C[C@@H]1CN(Cc2ccccc2)[C@@H](CN2CCOCC2)CN1C(=O)O. The van der Waals surface area contributed by atoms with Crippen molar-refractivity contribution in [2.45, 2.75) is 25.6 Å². The Morgan fingerprint density at radius 1 is 1.21 bits per heavy atom. The van der Waals surface area contributed by atoms with Crippen molar-refractivity contribution < 1.29 is 14.6 Å². The highest BCUT2D eigenvalue weighted by Crippen LogP contribution is 2.20. The molecule has 1 amide bonds. The van der Waals surface area contributed by atoms with E-state index in [0.29, 0.717) is 6.54 Å². The smallest absolute Gasteiger partial charge is 0.407 e. The van der Waals surface area contributed by atoms with E-state index in [1.54, 1.807) is 4.90 Å². The Labute approximate surface area is 143 Å². The van der Waals surface area contributed by atoms with E-state index in [0.717, 1.165) is 45.9 Å².